The zero-order chi connectivity index (χ0) is 13.0. The van der Waals surface area contributed by atoms with Crippen LogP contribution in [0.15, 0.2) is 24.3 Å². The smallest absolute Gasteiger partial charge is 0.0316 e. The summed E-state index contributed by atoms with van der Waals surface area (Å²) in [6.07, 6.45) is 3.76. The minimum atomic E-state index is 0.722. The van der Waals surface area contributed by atoms with Gasteiger partial charge in [-0.3, -0.25) is 0 Å². The van der Waals surface area contributed by atoms with Gasteiger partial charge in [-0.05, 0) is 57.6 Å². The Balaban J connectivity index is 1.83. The molecular formula is C15H25N3. The maximum Gasteiger partial charge on any atom is 0.0316 e. The van der Waals surface area contributed by atoms with E-state index in [9.17, 15) is 0 Å². The van der Waals surface area contributed by atoms with Crippen LogP contribution in [-0.4, -0.2) is 49.6 Å². The minimum absolute atomic E-state index is 0.722. The molecule has 1 aromatic carbocycles. The van der Waals surface area contributed by atoms with Crippen molar-refractivity contribution in [3.8, 4) is 0 Å². The highest BCUT2D eigenvalue weighted by Gasteiger charge is 2.20. The lowest BCUT2D eigenvalue weighted by atomic mass is 10.0. The van der Waals surface area contributed by atoms with Crippen LogP contribution in [0.25, 0.3) is 0 Å². The Morgan fingerprint density at radius 3 is 2.94 bits per heavy atom. The molecule has 0 bridgehead atoms. The fourth-order valence-corrected chi connectivity index (χ4v) is 2.69. The zero-order valence-electron chi connectivity index (χ0n) is 11.6. The second kappa shape index (κ2) is 6.21. The molecule has 1 aliphatic heterocycles. The van der Waals surface area contributed by atoms with E-state index in [1.165, 1.54) is 31.5 Å². The van der Waals surface area contributed by atoms with Crippen LogP contribution in [0.2, 0.25) is 0 Å². The maximum atomic E-state index is 5.81. The molecule has 2 N–H and O–H groups in total. The number of likely N-dealkylation sites (N-methyl/N-ethyl adjacent to an activating group) is 1. The number of hydrogen-bond acceptors (Lipinski definition) is 3. The first-order valence-corrected chi connectivity index (χ1v) is 6.88. The number of anilines is 1. The highest BCUT2D eigenvalue weighted by atomic mass is 15.2. The van der Waals surface area contributed by atoms with E-state index >= 15 is 0 Å². The summed E-state index contributed by atoms with van der Waals surface area (Å²) >= 11 is 0. The SMILES string of the molecule is CN(C)C1CCCN(CCc2cccc(N)c2)C1. The van der Waals surface area contributed by atoms with E-state index in [2.05, 4.69) is 36.0 Å². The standard InChI is InChI=1S/C15H25N3/c1-17(2)15-7-4-9-18(12-15)10-8-13-5-3-6-14(16)11-13/h3,5-6,11,15H,4,7-10,12,16H2,1-2H3. The van der Waals surface area contributed by atoms with E-state index in [1.54, 1.807) is 0 Å². The monoisotopic (exact) mass is 247 g/mol. The Morgan fingerprint density at radius 2 is 2.22 bits per heavy atom. The molecule has 1 saturated heterocycles. The van der Waals surface area contributed by atoms with Crippen LogP contribution >= 0.6 is 0 Å². The Kier molecular flexibility index (Phi) is 4.61. The van der Waals surface area contributed by atoms with E-state index < -0.39 is 0 Å². The van der Waals surface area contributed by atoms with Crippen molar-refractivity contribution < 1.29 is 0 Å². The molecule has 3 heteroatoms. The summed E-state index contributed by atoms with van der Waals surface area (Å²) in [6.45, 7) is 3.59. The first-order chi connectivity index (χ1) is 8.65. The minimum Gasteiger partial charge on any atom is -0.399 e. The van der Waals surface area contributed by atoms with Crippen LogP contribution in [0.4, 0.5) is 5.69 Å². The normalized spacial score (nSPS) is 21.4. The Bertz CT molecular complexity index is 376. The van der Waals surface area contributed by atoms with Gasteiger partial charge in [0.1, 0.15) is 0 Å². The molecule has 2 rings (SSSR count). The topological polar surface area (TPSA) is 32.5 Å². The third kappa shape index (κ3) is 3.72. The summed E-state index contributed by atoms with van der Waals surface area (Å²) in [5.41, 5.74) is 8.03. The highest BCUT2D eigenvalue weighted by molar-refractivity contribution is 5.40. The lowest BCUT2D eigenvalue weighted by Gasteiger charge is -2.36. The predicted molar refractivity (Wildman–Crippen MR) is 77.7 cm³/mol. The van der Waals surface area contributed by atoms with Gasteiger partial charge in [0.15, 0.2) is 0 Å². The van der Waals surface area contributed by atoms with Crippen LogP contribution in [0.3, 0.4) is 0 Å². The Hall–Kier alpha value is -1.06. The van der Waals surface area contributed by atoms with Gasteiger partial charge in [0.05, 0.1) is 0 Å². The molecule has 18 heavy (non-hydrogen) atoms. The van der Waals surface area contributed by atoms with Crippen LogP contribution in [-0.2, 0) is 6.42 Å². The van der Waals surface area contributed by atoms with Crippen molar-refractivity contribution in [2.75, 3.05) is 39.5 Å². The summed E-state index contributed by atoms with van der Waals surface area (Å²) in [4.78, 5) is 4.93. The summed E-state index contributed by atoms with van der Waals surface area (Å²) < 4.78 is 0. The fourth-order valence-electron chi connectivity index (χ4n) is 2.69. The van der Waals surface area contributed by atoms with Gasteiger partial charge >= 0.3 is 0 Å². The molecule has 1 atom stereocenters. The highest BCUT2D eigenvalue weighted by Crippen LogP contribution is 2.15. The average molecular weight is 247 g/mol. The van der Waals surface area contributed by atoms with Crippen molar-refractivity contribution in [2.24, 2.45) is 0 Å². The van der Waals surface area contributed by atoms with Crippen molar-refractivity contribution in [3.63, 3.8) is 0 Å². The molecule has 0 saturated carbocycles. The van der Waals surface area contributed by atoms with Crippen molar-refractivity contribution in [2.45, 2.75) is 25.3 Å². The van der Waals surface area contributed by atoms with E-state index in [0.29, 0.717) is 0 Å². The molecule has 0 aromatic heterocycles. The van der Waals surface area contributed by atoms with Gasteiger partial charge in [-0.15, -0.1) is 0 Å². The Labute approximate surface area is 111 Å². The quantitative estimate of drug-likeness (QED) is 0.824. The largest absolute Gasteiger partial charge is 0.399 e. The van der Waals surface area contributed by atoms with E-state index in [4.69, 9.17) is 5.73 Å². The Morgan fingerprint density at radius 1 is 1.39 bits per heavy atom. The van der Waals surface area contributed by atoms with Gasteiger partial charge in [0.2, 0.25) is 0 Å². The average Bonchev–Trinajstić information content (AvgIpc) is 2.37. The molecule has 3 nitrogen and oxygen atoms in total. The zero-order valence-corrected chi connectivity index (χ0v) is 11.6. The number of likely N-dealkylation sites (tertiary alicyclic amines) is 1. The molecule has 1 heterocycles. The molecule has 0 aliphatic carbocycles. The van der Waals surface area contributed by atoms with Gasteiger partial charge in [-0.2, -0.15) is 0 Å². The molecule has 0 spiro atoms. The summed E-state index contributed by atoms with van der Waals surface area (Å²) in [6, 6.07) is 8.98. The van der Waals surface area contributed by atoms with Gasteiger partial charge in [0.25, 0.3) is 0 Å². The third-order valence-corrected chi connectivity index (χ3v) is 3.88. The van der Waals surface area contributed by atoms with Crippen LogP contribution in [0, 0.1) is 0 Å². The fraction of sp³-hybridized carbons (Fsp3) is 0.600. The number of piperidine rings is 1. The third-order valence-electron chi connectivity index (χ3n) is 3.88. The van der Waals surface area contributed by atoms with Gasteiger partial charge in [0, 0.05) is 24.8 Å². The molecule has 1 fully saturated rings. The molecule has 1 unspecified atom stereocenters. The van der Waals surface area contributed by atoms with Crippen molar-refractivity contribution in [3.05, 3.63) is 29.8 Å². The van der Waals surface area contributed by atoms with E-state index in [-0.39, 0.29) is 0 Å². The number of nitrogen functional groups attached to an aromatic ring is 1. The van der Waals surface area contributed by atoms with Gasteiger partial charge in [-0.25, -0.2) is 0 Å². The summed E-state index contributed by atoms with van der Waals surface area (Å²) in [5.74, 6) is 0. The summed E-state index contributed by atoms with van der Waals surface area (Å²) in [7, 11) is 4.37. The van der Waals surface area contributed by atoms with E-state index in [1.807, 2.05) is 12.1 Å². The number of benzene rings is 1. The molecule has 1 aliphatic rings. The first kappa shape index (κ1) is 13.4. The lowest BCUT2D eigenvalue weighted by Crippen LogP contribution is -2.45. The van der Waals surface area contributed by atoms with Crippen LogP contribution < -0.4 is 5.73 Å². The molecule has 0 radical (unpaired) electrons. The van der Waals surface area contributed by atoms with Gasteiger partial charge in [-0.1, -0.05) is 12.1 Å². The predicted octanol–water partition coefficient (Wildman–Crippen LogP) is 1.84. The van der Waals surface area contributed by atoms with Crippen molar-refractivity contribution >= 4 is 5.69 Å². The van der Waals surface area contributed by atoms with Crippen molar-refractivity contribution in [1.29, 1.82) is 0 Å². The second-order valence-corrected chi connectivity index (χ2v) is 5.56. The molecule has 1 aromatic rings. The summed E-state index contributed by atoms with van der Waals surface area (Å²) in [5, 5.41) is 0. The molecule has 100 valence electrons. The van der Waals surface area contributed by atoms with Crippen LogP contribution in [0.5, 0.6) is 0 Å². The van der Waals surface area contributed by atoms with Crippen molar-refractivity contribution in [1.82, 2.24) is 9.80 Å². The number of hydrogen-bond donors (Lipinski definition) is 1. The molecule has 0 amide bonds. The number of nitrogens with zero attached hydrogens (tertiary/aromatic N) is 2. The number of rotatable bonds is 4. The van der Waals surface area contributed by atoms with Crippen LogP contribution in [0.1, 0.15) is 18.4 Å². The lowest BCUT2D eigenvalue weighted by molar-refractivity contribution is 0.134. The van der Waals surface area contributed by atoms with E-state index in [0.717, 1.165) is 24.7 Å². The number of nitrogens with two attached hydrogens (primary N) is 1. The first-order valence-electron chi connectivity index (χ1n) is 6.88. The second-order valence-electron chi connectivity index (χ2n) is 5.56. The maximum absolute atomic E-state index is 5.81. The molecular weight excluding hydrogens is 222 g/mol. The van der Waals surface area contributed by atoms with Gasteiger partial charge < -0.3 is 15.5 Å².